The number of primary amides is 1. The van der Waals surface area contributed by atoms with Gasteiger partial charge in [-0.3, -0.25) is 4.79 Å². The maximum absolute atomic E-state index is 11.3. The normalized spacial score (nSPS) is 27.0. The Morgan fingerprint density at radius 3 is 2.74 bits per heavy atom. The number of hydrogen-bond acceptors (Lipinski definition) is 4. The summed E-state index contributed by atoms with van der Waals surface area (Å²) in [5, 5.41) is 9.01. The predicted molar refractivity (Wildman–Crippen MR) is 71.9 cm³/mol. The summed E-state index contributed by atoms with van der Waals surface area (Å²) in [6.07, 6.45) is 2.84. The molecule has 0 aromatic carbocycles. The average molecular weight is 271 g/mol. The first-order valence-corrected chi connectivity index (χ1v) is 6.92. The number of carbonyl (C=O) groups is 1. The molecule has 1 heterocycles. The second kappa shape index (κ2) is 7.50. The number of amides is 1. The van der Waals surface area contributed by atoms with Gasteiger partial charge in [-0.1, -0.05) is 13.8 Å². The number of nitrogens with two attached hydrogens (primary N) is 1. The number of rotatable bonds is 7. The zero-order chi connectivity index (χ0) is 14.4. The third-order valence-electron chi connectivity index (χ3n) is 3.47. The molecule has 5 nitrogen and oxygen atoms in total. The van der Waals surface area contributed by atoms with Gasteiger partial charge in [-0.15, -0.1) is 0 Å². The SMILES string of the molecule is CCO[C@@H]1OC(C(N)=O)=C[C@H](C(C)C)[C@@H]1CCCO. The van der Waals surface area contributed by atoms with Crippen LogP contribution in [0.5, 0.6) is 0 Å². The molecule has 0 unspecified atom stereocenters. The first-order chi connectivity index (χ1) is 9.01. The minimum absolute atomic E-state index is 0.134. The van der Waals surface area contributed by atoms with Crippen molar-refractivity contribution in [2.75, 3.05) is 13.2 Å². The minimum atomic E-state index is -0.559. The van der Waals surface area contributed by atoms with E-state index < -0.39 is 12.2 Å². The van der Waals surface area contributed by atoms with E-state index in [0.717, 1.165) is 6.42 Å². The average Bonchev–Trinajstić information content (AvgIpc) is 2.36. The van der Waals surface area contributed by atoms with Crippen LogP contribution in [0.1, 0.15) is 33.6 Å². The zero-order valence-corrected chi connectivity index (χ0v) is 12.0. The van der Waals surface area contributed by atoms with E-state index in [0.29, 0.717) is 18.9 Å². The van der Waals surface area contributed by atoms with Crippen LogP contribution < -0.4 is 5.73 Å². The van der Waals surface area contributed by atoms with E-state index in [-0.39, 0.29) is 24.2 Å². The minimum Gasteiger partial charge on any atom is -0.459 e. The van der Waals surface area contributed by atoms with E-state index in [1.165, 1.54) is 0 Å². The van der Waals surface area contributed by atoms with Crippen molar-refractivity contribution in [2.45, 2.75) is 39.9 Å². The number of aliphatic hydroxyl groups is 1. The Kier molecular flexibility index (Phi) is 6.31. The Morgan fingerprint density at radius 2 is 2.26 bits per heavy atom. The third-order valence-corrected chi connectivity index (χ3v) is 3.47. The van der Waals surface area contributed by atoms with Crippen molar-refractivity contribution in [3.8, 4) is 0 Å². The lowest BCUT2D eigenvalue weighted by atomic mass is 9.78. The van der Waals surface area contributed by atoms with E-state index in [1.54, 1.807) is 0 Å². The highest BCUT2D eigenvalue weighted by molar-refractivity contribution is 5.90. The highest BCUT2D eigenvalue weighted by atomic mass is 16.7. The van der Waals surface area contributed by atoms with E-state index in [9.17, 15) is 4.79 Å². The molecule has 0 bridgehead atoms. The number of allylic oxidation sites excluding steroid dienone is 1. The second-order valence-electron chi connectivity index (χ2n) is 5.19. The summed E-state index contributed by atoms with van der Waals surface area (Å²) in [5.41, 5.74) is 5.31. The molecule has 5 heteroatoms. The summed E-state index contributed by atoms with van der Waals surface area (Å²) < 4.78 is 11.2. The van der Waals surface area contributed by atoms with Crippen molar-refractivity contribution in [1.82, 2.24) is 0 Å². The molecule has 0 aromatic rings. The van der Waals surface area contributed by atoms with E-state index >= 15 is 0 Å². The molecule has 1 amide bonds. The molecule has 0 saturated carbocycles. The molecule has 1 aliphatic rings. The van der Waals surface area contributed by atoms with Gasteiger partial charge in [-0.25, -0.2) is 0 Å². The Balaban J connectivity index is 2.95. The van der Waals surface area contributed by atoms with Crippen molar-refractivity contribution in [3.05, 3.63) is 11.8 Å². The molecule has 0 fully saturated rings. The van der Waals surface area contributed by atoms with Crippen molar-refractivity contribution in [2.24, 2.45) is 23.5 Å². The van der Waals surface area contributed by atoms with Crippen LogP contribution in [-0.2, 0) is 14.3 Å². The van der Waals surface area contributed by atoms with Gasteiger partial charge in [0, 0.05) is 19.1 Å². The van der Waals surface area contributed by atoms with Gasteiger partial charge in [0.2, 0.25) is 6.29 Å². The topological polar surface area (TPSA) is 81.8 Å². The van der Waals surface area contributed by atoms with Crippen LogP contribution >= 0.6 is 0 Å². The first kappa shape index (κ1) is 16.0. The van der Waals surface area contributed by atoms with E-state index in [4.69, 9.17) is 20.3 Å². The predicted octanol–water partition coefficient (Wildman–Crippen LogP) is 1.41. The smallest absolute Gasteiger partial charge is 0.283 e. The van der Waals surface area contributed by atoms with Gasteiger partial charge in [0.25, 0.3) is 5.91 Å². The molecule has 3 atom stereocenters. The number of ether oxygens (including phenoxy) is 2. The monoisotopic (exact) mass is 271 g/mol. The Hall–Kier alpha value is -1.07. The Morgan fingerprint density at radius 1 is 1.58 bits per heavy atom. The standard InChI is InChI=1S/C14H25NO4/c1-4-18-14-10(6-5-7-16)11(9(2)3)8-12(19-14)13(15)17/h8-11,14,16H,4-7H2,1-3H3,(H2,15,17)/t10-,11+,14+/m0/s1. The molecule has 0 aliphatic carbocycles. The molecule has 110 valence electrons. The molecular formula is C14H25NO4. The molecule has 3 N–H and O–H groups in total. The first-order valence-electron chi connectivity index (χ1n) is 6.92. The Labute approximate surface area is 114 Å². The van der Waals surface area contributed by atoms with Crippen molar-refractivity contribution in [3.63, 3.8) is 0 Å². The molecule has 1 rings (SSSR count). The van der Waals surface area contributed by atoms with Gasteiger partial charge in [0.05, 0.1) is 0 Å². The lowest BCUT2D eigenvalue weighted by Gasteiger charge is -2.38. The van der Waals surface area contributed by atoms with Gasteiger partial charge in [0.1, 0.15) is 0 Å². The van der Waals surface area contributed by atoms with E-state index in [2.05, 4.69) is 13.8 Å². The lowest BCUT2D eigenvalue weighted by Crippen LogP contribution is -2.40. The molecule has 19 heavy (non-hydrogen) atoms. The summed E-state index contributed by atoms with van der Waals surface area (Å²) in [6.45, 7) is 6.74. The summed E-state index contributed by atoms with van der Waals surface area (Å²) in [4.78, 5) is 11.3. The van der Waals surface area contributed by atoms with Gasteiger partial charge >= 0.3 is 0 Å². The molecule has 0 aromatic heterocycles. The second-order valence-corrected chi connectivity index (χ2v) is 5.19. The van der Waals surface area contributed by atoms with Gasteiger partial charge in [-0.05, 0) is 37.7 Å². The fraction of sp³-hybridized carbons (Fsp3) is 0.786. The van der Waals surface area contributed by atoms with Crippen molar-refractivity contribution < 1.29 is 19.4 Å². The summed E-state index contributed by atoms with van der Waals surface area (Å²) in [7, 11) is 0. The van der Waals surface area contributed by atoms with Crippen LogP contribution in [0.2, 0.25) is 0 Å². The van der Waals surface area contributed by atoms with Crippen LogP contribution in [0.4, 0.5) is 0 Å². The quantitative estimate of drug-likeness (QED) is 0.733. The van der Waals surface area contributed by atoms with Crippen LogP contribution in [-0.4, -0.2) is 30.5 Å². The van der Waals surface area contributed by atoms with Gasteiger partial charge < -0.3 is 20.3 Å². The molecule has 1 aliphatic heterocycles. The van der Waals surface area contributed by atoms with Crippen LogP contribution in [0.15, 0.2) is 11.8 Å². The number of hydrogen-bond donors (Lipinski definition) is 2. The van der Waals surface area contributed by atoms with Crippen LogP contribution in [0.25, 0.3) is 0 Å². The third kappa shape index (κ3) is 4.21. The highest BCUT2D eigenvalue weighted by Gasteiger charge is 2.37. The van der Waals surface area contributed by atoms with E-state index in [1.807, 2.05) is 13.0 Å². The fourth-order valence-corrected chi connectivity index (χ4v) is 2.54. The van der Waals surface area contributed by atoms with Crippen molar-refractivity contribution in [1.29, 1.82) is 0 Å². The number of aliphatic hydroxyl groups excluding tert-OH is 1. The maximum atomic E-state index is 11.3. The highest BCUT2D eigenvalue weighted by Crippen LogP contribution is 2.36. The summed E-state index contributed by atoms with van der Waals surface area (Å²) >= 11 is 0. The van der Waals surface area contributed by atoms with Gasteiger partial charge in [-0.2, -0.15) is 0 Å². The molecule has 0 radical (unpaired) electrons. The van der Waals surface area contributed by atoms with Gasteiger partial charge in [0.15, 0.2) is 5.76 Å². The van der Waals surface area contributed by atoms with Crippen molar-refractivity contribution >= 4 is 5.91 Å². The summed E-state index contributed by atoms with van der Waals surface area (Å²) in [6, 6.07) is 0. The Bertz CT molecular complexity index is 327. The largest absolute Gasteiger partial charge is 0.459 e. The van der Waals surface area contributed by atoms with Crippen LogP contribution in [0, 0.1) is 17.8 Å². The van der Waals surface area contributed by atoms with Crippen LogP contribution in [0.3, 0.4) is 0 Å². The molecule has 0 spiro atoms. The number of carbonyl (C=O) groups excluding carboxylic acids is 1. The molecular weight excluding hydrogens is 246 g/mol. The lowest BCUT2D eigenvalue weighted by molar-refractivity contribution is -0.174. The molecule has 0 saturated heterocycles. The maximum Gasteiger partial charge on any atom is 0.283 e. The zero-order valence-electron chi connectivity index (χ0n) is 12.0. The fourth-order valence-electron chi connectivity index (χ4n) is 2.54. The summed E-state index contributed by atoms with van der Waals surface area (Å²) in [5.74, 6) is 0.285.